The third-order valence-electron chi connectivity index (χ3n) is 3.46. The average Bonchev–Trinajstić information content (AvgIpc) is 2.45. The van der Waals surface area contributed by atoms with E-state index in [-0.39, 0.29) is 11.8 Å². The first kappa shape index (κ1) is 15.0. The fourth-order valence-electron chi connectivity index (χ4n) is 2.05. The molecule has 0 fully saturated rings. The second-order valence-corrected chi connectivity index (χ2v) is 5.17. The van der Waals surface area contributed by atoms with Gasteiger partial charge in [0, 0.05) is 19.3 Å². The number of anilines is 1. The lowest BCUT2D eigenvalue weighted by Crippen LogP contribution is -2.31. The maximum atomic E-state index is 13.2. The predicted octanol–water partition coefficient (Wildman–Crippen LogP) is 4.11. The highest BCUT2D eigenvalue weighted by Crippen LogP contribution is 2.17. The van der Waals surface area contributed by atoms with Crippen molar-refractivity contribution >= 4 is 11.7 Å². The zero-order valence-electron chi connectivity index (χ0n) is 12.5. The molecular formula is C17H19FN2O. The molecule has 0 unspecified atom stereocenters. The van der Waals surface area contributed by atoms with Crippen LogP contribution in [0.3, 0.4) is 0 Å². The zero-order chi connectivity index (χ0) is 15.4. The van der Waals surface area contributed by atoms with Crippen molar-refractivity contribution in [3.8, 4) is 0 Å². The Balaban J connectivity index is 2.06. The van der Waals surface area contributed by atoms with E-state index in [1.165, 1.54) is 12.1 Å². The summed E-state index contributed by atoms with van der Waals surface area (Å²) in [4.78, 5) is 13.8. The van der Waals surface area contributed by atoms with E-state index in [2.05, 4.69) is 5.32 Å². The molecule has 0 saturated heterocycles. The van der Waals surface area contributed by atoms with Gasteiger partial charge in [0.25, 0.3) is 0 Å². The summed E-state index contributed by atoms with van der Waals surface area (Å²) in [6.07, 6.45) is 0. The van der Waals surface area contributed by atoms with Crippen LogP contribution < -0.4 is 5.32 Å². The molecular weight excluding hydrogens is 267 g/mol. The van der Waals surface area contributed by atoms with Crippen molar-refractivity contribution in [1.82, 2.24) is 4.90 Å². The average molecular weight is 286 g/mol. The van der Waals surface area contributed by atoms with E-state index in [0.717, 1.165) is 16.7 Å². The predicted molar refractivity (Wildman–Crippen MR) is 82.8 cm³/mol. The lowest BCUT2D eigenvalue weighted by atomic mass is 10.1. The molecule has 2 amide bonds. The van der Waals surface area contributed by atoms with Crippen molar-refractivity contribution in [3.63, 3.8) is 0 Å². The number of rotatable bonds is 3. The number of nitrogens with zero attached hydrogens (tertiary/aromatic N) is 1. The first-order valence-electron chi connectivity index (χ1n) is 6.80. The smallest absolute Gasteiger partial charge is 0.321 e. The van der Waals surface area contributed by atoms with E-state index in [4.69, 9.17) is 0 Å². The number of benzene rings is 2. The zero-order valence-corrected chi connectivity index (χ0v) is 12.5. The minimum absolute atomic E-state index is 0.257. The molecule has 3 nitrogen and oxygen atoms in total. The number of urea groups is 1. The van der Waals surface area contributed by atoms with E-state index in [9.17, 15) is 9.18 Å². The Morgan fingerprint density at radius 3 is 2.57 bits per heavy atom. The fraction of sp³-hybridized carbons (Fsp3) is 0.235. The monoisotopic (exact) mass is 286 g/mol. The Bertz CT molecular complexity index is 655. The van der Waals surface area contributed by atoms with Crippen LogP contribution >= 0.6 is 0 Å². The van der Waals surface area contributed by atoms with Crippen LogP contribution in [-0.2, 0) is 6.54 Å². The normalized spacial score (nSPS) is 10.3. The Hall–Kier alpha value is -2.36. The molecule has 4 heteroatoms. The number of halogens is 1. The first-order chi connectivity index (χ1) is 9.97. The van der Waals surface area contributed by atoms with Crippen LogP contribution in [0.4, 0.5) is 14.9 Å². The maximum Gasteiger partial charge on any atom is 0.321 e. The molecule has 0 heterocycles. The minimum Gasteiger partial charge on any atom is -0.323 e. The SMILES string of the molecule is Cc1ccccc1CN(C)C(=O)Nc1cc(F)ccc1C. The van der Waals surface area contributed by atoms with Gasteiger partial charge in [0.05, 0.1) is 0 Å². The molecule has 2 rings (SSSR count). The summed E-state index contributed by atoms with van der Waals surface area (Å²) in [6, 6.07) is 12.0. The maximum absolute atomic E-state index is 13.2. The van der Waals surface area contributed by atoms with Gasteiger partial charge in [-0.05, 0) is 42.7 Å². The molecule has 0 spiro atoms. The van der Waals surface area contributed by atoms with E-state index < -0.39 is 0 Å². The van der Waals surface area contributed by atoms with Crippen molar-refractivity contribution in [1.29, 1.82) is 0 Å². The largest absolute Gasteiger partial charge is 0.323 e. The van der Waals surface area contributed by atoms with Crippen LogP contribution in [0.25, 0.3) is 0 Å². The third-order valence-corrected chi connectivity index (χ3v) is 3.46. The molecule has 2 aromatic rings. The van der Waals surface area contributed by atoms with E-state index >= 15 is 0 Å². The van der Waals surface area contributed by atoms with Gasteiger partial charge in [-0.3, -0.25) is 0 Å². The van der Waals surface area contributed by atoms with Gasteiger partial charge >= 0.3 is 6.03 Å². The molecule has 2 aromatic carbocycles. The van der Waals surface area contributed by atoms with E-state index in [0.29, 0.717) is 12.2 Å². The third kappa shape index (κ3) is 3.81. The second kappa shape index (κ2) is 6.39. The Labute approximate surface area is 124 Å². The highest BCUT2D eigenvalue weighted by Gasteiger charge is 2.12. The van der Waals surface area contributed by atoms with Gasteiger partial charge < -0.3 is 10.2 Å². The summed E-state index contributed by atoms with van der Waals surface area (Å²) in [5, 5.41) is 2.74. The van der Waals surface area contributed by atoms with Crippen LogP contribution in [0.1, 0.15) is 16.7 Å². The molecule has 0 bridgehead atoms. The molecule has 0 aromatic heterocycles. The molecule has 0 saturated carbocycles. The summed E-state index contributed by atoms with van der Waals surface area (Å²) < 4.78 is 13.2. The van der Waals surface area contributed by atoms with Crippen LogP contribution in [-0.4, -0.2) is 18.0 Å². The van der Waals surface area contributed by atoms with Gasteiger partial charge in [-0.25, -0.2) is 9.18 Å². The highest BCUT2D eigenvalue weighted by atomic mass is 19.1. The standard InChI is InChI=1S/C17H19FN2O/c1-12-6-4-5-7-14(12)11-20(3)17(21)19-16-10-15(18)9-8-13(16)2/h4-10H,11H2,1-3H3,(H,19,21). The number of carbonyl (C=O) groups is 1. The van der Waals surface area contributed by atoms with Crippen molar-refractivity contribution in [3.05, 3.63) is 65.0 Å². The molecule has 0 radical (unpaired) electrons. The molecule has 21 heavy (non-hydrogen) atoms. The molecule has 0 aliphatic carbocycles. The molecule has 0 aliphatic rings. The van der Waals surface area contributed by atoms with Crippen molar-refractivity contribution in [2.75, 3.05) is 12.4 Å². The van der Waals surface area contributed by atoms with Crippen molar-refractivity contribution < 1.29 is 9.18 Å². The Morgan fingerprint density at radius 1 is 1.14 bits per heavy atom. The summed E-state index contributed by atoms with van der Waals surface area (Å²) >= 11 is 0. The van der Waals surface area contributed by atoms with Gasteiger partial charge in [0.2, 0.25) is 0 Å². The summed E-state index contributed by atoms with van der Waals surface area (Å²) in [5.41, 5.74) is 3.55. The van der Waals surface area contributed by atoms with Gasteiger partial charge in [-0.2, -0.15) is 0 Å². The van der Waals surface area contributed by atoms with Crippen molar-refractivity contribution in [2.45, 2.75) is 20.4 Å². The number of carbonyl (C=O) groups excluding carboxylic acids is 1. The highest BCUT2D eigenvalue weighted by molar-refractivity contribution is 5.89. The number of hydrogen-bond acceptors (Lipinski definition) is 1. The molecule has 0 aliphatic heterocycles. The van der Waals surface area contributed by atoms with Crippen LogP contribution in [0.2, 0.25) is 0 Å². The molecule has 110 valence electrons. The number of amides is 2. The van der Waals surface area contributed by atoms with Crippen LogP contribution in [0.15, 0.2) is 42.5 Å². The van der Waals surface area contributed by atoms with Crippen molar-refractivity contribution in [2.24, 2.45) is 0 Å². The van der Waals surface area contributed by atoms with Gasteiger partial charge in [-0.15, -0.1) is 0 Å². The lowest BCUT2D eigenvalue weighted by molar-refractivity contribution is 0.220. The quantitative estimate of drug-likeness (QED) is 0.905. The second-order valence-electron chi connectivity index (χ2n) is 5.17. The Morgan fingerprint density at radius 2 is 1.86 bits per heavy atom. The fourth-order valence-corrected chi connectivity index (χ4v) is 2.05. The van der Waals surface area contributed by atoms with Gasteiger partial charge in [0.15, 0.2) is 0 Å². The number of nitrogens with one attached hydrogen (secondary N) is 1. The summed E-state index contributed by atoms with van der Waals surface area (Å²) in [5.74, 6) is -0.363. The number of hydrogen-bond donors (Lipinski definition) is 1. The van der Waals surface area contributed by atoms with Crippen LogP contribution in [0.5, 0.6) is 0 Å². The first-order valence-corrected chi connectivity index (χ1v) is 6.80. The van der Waals surface area contributed by atoms with E-state index in [1.54, 1.807) is 18.0 Å². The lowest BCUT2D eigenvalue weighted by Gasteiger charge is -2.20. The van der Waals surface area contributed by atoms with Gasteiger partial charge in [0.1, 0.15) is 5.82 Å². The van der Waals surface area contributed by atoms with E-state index in [1.807, 2.05) is 38.1 Å². The van der Waals surface area contributed by atoms with Gasteiger partial charge in [-0.1, -0.05) is 30.3 Å². The summed E-state index contributed by atoms with van der Waals surface area (Å²) in [6.45, 7) is 4.35. The number of aryl methyl sites for hydroxylation is 2. The topological polar surface area (TPSA) is 32.3 Å². The Kier molecular flexibility index (Phi) is 4.58. The van der Waals surface area contributed by atoms with Crippen LogP contribution in [0, 0.1) is 19.7 Å². The molecule has 1 N–H and O–H groups in total. The molecule has 0 atom stereocenters. The minimum atomic E-state index is -0.363. The summed E-state index contributed by atoms with van der Waals surface area (Å²) in [7, 11) is 1.72.